The van der Waals surface area contributed by atoms with Gasteiger partial charge in [-0.3, -0.25) is 4.90 Å². The number of cyclic esters (lactones) is 1. The van der Waals surface area contributed by atoms with Gasteiger partial charge in [-0.25, -0.2) is 9.59 Å². The van der Waals surface area contributed by atoms with Crippen molar-refractivity contribution in [3.8, 4) is 11.5 Å². The maximum absolute atomic E-state index is 13.0. The normalized spacial score (nSPS) is 23.0. The van der Waals surface area contributed by atoms with Gasteiger partial charge in [-0.15, -0.1) is 0 Å². The summed E-state index contributed by atoms with van der Waals surface area (Å²) in [5.74, 6) is 1.33. The maximum Gasteiger partial charge on any atom is 0.411 e. The van der Waals surface area contributed by atoms with E-state index in [4.69, 9.17) is 14.2 Å². The van der Waals surface area contributed by atoms with Gasteiger partial charge in [0.15, 0.2) is 11.5 Å². The van der Waals surface area contributed by atoms with E-state index < -0.39 is 0 Å². The molecular weight excluding hydrogens is 458 g/mol. The monoisotopic (exact) mass is 493 g/mol. The molecule has 3 fully saturated rings. The molecule has 0 aromatic heterocycles. The van der Waals surface area contributed by atoms with Gasteiger partial charge >= 0.3 is 12.1 Å². The lowest BCUT2D eigenvalue weighted by Gasteiger charge is -2.37. The third kappa shape index (κ3) is 5.08. The molecule has 192 valence electrons. The number of urea groups is 1. The molecule has 0 radical (unpaired) electrons. The first-order valence-electron chi connectivity index (χ1n) is 13.0. The van der Waals surface area contributed by atoms with Gasteiger partial charge in [-0.05, 0) is 63.1 Å². The van der Waals surface area contributed by atoms with Crippen LogP contribution in [0.5, 0.6) is 11.5 Å². The van der Waals surface area contributed by atoms with Gasteiger partial charge in [0.1, 0.15) is 6.10 Å². The Labute approximate surface area is 212 Å². The van der Waals surface area contributed by atoms with Crippen LogP contribution < -0.4 is 14.8 Å². The minimum Gasteiger partial charge on any atom is -0.493 e. The average molecular weight is 494 g/mol. The highest BCUT2D eigenvalue weighted by Gasteiger charge is 2.44. The van der Waals surface area contributed by atoms with E-state index in [1.807, 2.05) is 60.4 Å². The van der Waals surface area contributed by atoms with Crippen molar-refractivity contribution in [2.24, 2.45) is 0 Å². The van der Waals surface area contributed by atoms with Crippen molar-refractivity contribution >= 4 is 17.8 Å². The van der Waals surface area contributed by atoms with E-state index in [9.17, 15) is 9.59 Å². The molecule has 3 amide bonds. The number of hydrogen-bond donors (Lipinski definition) is 1. The van der Waals surface area contributed by atoms with Crippen LogP contribution in [0.25, 0.3) is 0 Å². The molecule has 2 heterocycles. The van der Waals surface area contributed by atoms with Crippen LogP contribution in [0.2, 0.25) is 0 Å². The van der Waals surface area contributed by atoms with Crippen LogP contribution in [-0.4, -0.2) is 60.3 Å². The number of anilines is 1. The molecule has 8 heteroatoms. The molecule has 36 heavy (non-hydrogen) atoms. The molecule has 3 aliphatic rings. The van der Waals surface area contributed by atoms with Gasteiger partial charge < -0.3 is 24.4 Å². The summed E-state index contributed by atoms with van der Waals surface area (Å²) in [4.78, 5) is 29.4. The molecule has 2 atom stereocenters. The molecule has 2 aliphatic heterocycles. The standard InChI is InChI=1S/C28H35N3O5/c1-19-26(20-8-4-3-5-9-20)36-28(33)31(19)22-14-16-30(17-15-22)27(32)29-21-12-13-24(34-2)25(18-21)35-23-10-6-7-11-23/h3-5,8-9,12-13,18-19,22-23,26H,6-7,10-11,14-17H2,1-2H3,(H,29,32). The van der Waals surface area contributed by atoms with Gasteiger partial charge in [0, 0.05) is 30.9 Å². The number of likely N-dealkylation sites (tertiary alicyclic amines) is 1. The number of hydrogen-bond acceptors (Lipinski definition) is 5. The maximum atomic E-state index is 13.0. The summed E-state index contributed by atoms with van der Waals surface area (Å²) >= 11 is 0. The average Bonchev–Trinajstić information content (AvgIpc) is 3.52. The highest BCUT2D eigenvalue weighted by Crippen LogP contribution is 2.36. The highest BCUT2D eigenvalue weighted by molar-refractivity contribution is 5.89. The van der Waals surface area contributed by atoms with Gasteiger partial charge in [-0.2, -0.15) is 0 Å². The van der Waals surface area contributed by atoms with Crippen LogP contribution in [-0.2, 0) is 4.74 Å². The first-order chi connectivity index (χ1) is 17.5. The molecular formula is C28H35N3O5. The van der Waals surface area contributed by atoms with E-state index in [2.05, 4.69) is 5.32 Å². The van der Waals surface area contributed by atoms with E-state index in [1.165, 1.54) is 12.8 Å². The third-order valence-corrected chi connectivity index (χ3v) is 7.60. The fourth-order valence-corrected chi connectivity index (χ4v) is 5.63. The number of nitrogens with zero attached hydrogens (tertiary/aromatic N) is 2. The van der Waals surface area contributed by atoms with Crippen LogP contribution in [0.3, 0.4) is 0 Å². The summed E-state index contributed by atoms with van der Waals surface area (Å²) in [5, 5.41) is 3.00. The quantitative estimate of drug-likeness (QED) is 0.567. The second kappa shape index (κ2) is 10.7. The summed E-state index contributed by atoms with van der Waals surface area (Å²) in [6.45, 7) is 3.19. The topological polar surface area (TPSA) is 80.3 Å². The third-order valence-electron chi connectivity index (χ3n) is 7.60. The Morgan fingerprint density at radius 2 is 1.72 bits per heavy atom. The first kappa shape index (κ1) is 24.3. The number of nitrogens with one attached hydrogen (secondary N) is 1. The second-order valence-electron chi connectivity index (χ2n) is 9.90. The summed E-state index contributed by atoms with van der Waals surface area (Å²) in [7, 11) is 1.62. The molecule has 5 rings (SSSR count). The summed E-state index contributed by atoms with van der Waals surface area (Å²) < 4.78 is 17.3. The zero-order valence-corrected chi connectivity index (χ0v) is 21.0. The minimum atomic E-state index is -0.271. The summed E-state index contributed by atoms with van der Waals surface area (Å²) in [5.41, 5.74) is 1.69. The molecule has 2 aromatic rings. The molecule has 0 bridgehead atoms. The number of amides is 3. The van der Waals surface area contributed by atoms with E-state index in [0.29, 0.717) is 43.1 Å². The molecule has 0 spiro atoms. The van der Waals surface area contributed by atoms with E-state index in [1.54, 1.807) is 12.0 Å². The number of methoxy groups -OCH3 is 1. The Morgan fingerprint density at radius 3 is 2.42 bits per heavy atom. The van der Waals surface area contributed by atoms with Crippen LogP contribution in [0.1, 0.15) is 57.1 Å². The molecule has 8 nitrogen and oxygen atoms in total. The largest absolute Gasteiger partial charge is 0.493 e. The van der Waals surface area contributed by atoms with Crippen molar-refractivity contribution in [1.29, 1.82) is 0 Å². The number of carbonyl (C=O) groups excluding carboxylic acids is 2. The number of ether oxygens (including phenoxy) is 3. The summed E-state index contributed by atoms with van der Waals surface area (Å²) in [6, 6.07) is 15.2. The Bertz CT molecular complexity index is 1060. The van der Waals surface area contributed by atoms with E-state index in [0.717, 1.165) is 18.4 Å². The zero-order chi connectivity index (χ0) is 25.1. The number of piperidine rings is 1. The van der Waals surface area contributed by atoms with Crippen LogP contribution in [0, 0.1) is 0 Å². The fourth-order valence-electron chi connectivity index (χ4n) is 5.63. The molecule has 1 aliphatic carbocycles. The van der Waals surface area contributed by atoms with E-state index in [-0.39, 0.29) is 36.4 Å². The molecule has 1 saturated carbocycles. The molecule has 2 unspecified atom stereocenters. The zero-order valence-electron chi connectivity index (χ0n) is 21.0. The molecule has 2 aromatic carbocycles. The minimum absolute atomic E-state index is 0.0529. The van der Waals surface area contributed by atoms with Crippen molar-refractivity contribution in [1.82, 2.24) is 9.80 Å². The lowest BCUT2D eigenvalue weighted by molar-refractivity contribution is 0.115. The van der Waals surface area contributed by atoms with Gasteiger partial charge in [0.05, 0.1) is 19.3 Å². The Kier molecular flexibility index (Phi) is 7.20. The molecule has 2 saturated heterocycles. The summed E-state index contributed by atoms with van der Waals surface area (Å²) in [6.07, 6.45) is 5.54. The lowest BCUT2D eigenvalue weighted by atomic mass is 9.98. The van der Waals surface area contributed by atoms with Gasteiger partial charge in [-0.1, -0.05) is 30.3 Å². The van der Waals surface area contributed by atoms with Crippen molar-refractivity contribution in [2.75, 3.05) is 25.5 Å². The van der Waals surface area contributed by atoms with Crippen LogP contribution in [0.15, 0.2) is 48.5 Å². The van der Waals surface area contributed by atoms with E-state index >= 15 is 0 Å². The predicted molar refractivity (Wildman–Crippen MR) is 136 cm³/mol. The van der Waals surface area contributed by atoms with Crippen LogP contribution >= 0.6 is 0 Å². The lowest BCUT2D eigenvalue weighted by Crippen LogP contribution is -2.50. The SMILES string of the molecule is COc1ccc(NC(=O)N2CCC(N3C(=O)OC(c4ccccc4)C3C)CC2)cc1OC1CCCC1. The molecule has 1 N–H and O–H groups in total. The van der Waals surface area contributed by atoms with Crippen molar-refractivity contribution < 1.29 is 23.8 Å². The van der Waals surface area contributed by atoms with Gasteiger partial charge in [0.2, 0.25) is 0 Å². The fraction of sp³-hybridized carbons (Fsp3) is 0.500. The van der Waals surface area contributed by atoms with Crippen LogP contribution in [0.4, 0.5) is 15.3 Å². The Balaban J connectivity index is 1.17. The second-order valence-corrected chi connectivity index (χ2v) is 9.90. The smallest absolute Gasteiger partial charge is 0.411 e. The van der Waals surface area contributed by atoms with Crippen molar-refractivity contribution in [3.63, 3.8) is 0 Å². The van der Waals surface area contributed by atoms with Gasteiger partial charge in [0.25, 0.3) is 0 Å². The Morgan fingerprint density at radius 1 is 1.00 bits per heavy atom. The number of carbonyl (C=O) groups is 2. The van der Waals surface area contributed by atoms with Crippen molar-refractivity contribution in [2.45, 2.75) is 69.7 Å². The number of benzene rings is 2. The first-order valence-corrected chi connectivity index (χ1v) is 13.0. The van der Waals surface area contributed by atoms with Crippen molar-refractivity contribution in [3.05, 3.63) is 54.1 Å². The Hall–Kier alpha value is -3.42. The number of rotatable bonds is 6. The highest BCUT2D eigenvalue weighted by atomic mass is 16.6. The predicted octanol–water partition coefficient (Wildman–Crippen LogP) is 5.59.